The fourth-order valence-electron chi connectivity index (χ4n) is 1.57. The molecule has 1 aromatic rings. The third-order valence-corrected chi connectivity index (χ3v) is 2.88. The largest absolute Gasteiger partial charge is 0.382 e. The van der Waals surface area contributed by atoms with Gasteiger partial charge in [0.05, 0.1) is 0 Å². The highest BCUT2D eigenvalue weighted by Crippen LogP contribution is 2.19. The highest BCUT2D eigenvalue weighted by molar-refractivity contribution is 6.31. The van der Waals surface area contributed by atoms with Crippen molar-refractivity contribution < 1.29 is 9.13 Å². The molecule has 0 spiro atoms. The van der Waals surface area contributed by atoms with Gasteiger partial charge in [0.15, 0.2) is 0 Å². The van der Waals surface area contributed by atoms with Crippen molar-refractivity contribution in [3.63, 3.8) is 0 Å². The number of rotatable bonds is 7. The molecule has 17 heavy (non-hydrogen) atoms. The molecular formula is C12H18ClFN2O. The SMILES string of the molecule is CCOCCC(Cc1ccc(F)cc1Cl)NN. The van der Waals surface area contributed by atoms with Crippen molar-refractivity contribution in [3.8, 4) is 0 Å². The average molecular weight is 261 g/mol. The lowest BCUT2D eigenvalue weighted by Crippen LogP contribution is -2.37. The van der Waals surface area contributed by atoms with Gasteiger partial charge in [-0.05, 0) is 37.5 Å². The first kappa shape index (κ1) is 14.4. The van der Waals surface area contributed by atoms with Gasteiger partial charge in [-0.25, -0.2) is 4.39 Å². The Bertz CT molecular complexity index is 349. The number of hydrogen-bond donors (Lipinski definition) is 2. The van der Waals surface area contributed by atoms with E-state index in [0.29, 0.717) is 24.7 Å². The van der Waals surface area contributed by atoms with Crippen molar-refractivity contribution in [1.29, 1.82) is 0 Å². The Labute approximate surface area is 106 Å². The van der Waals surface area contributed by atoms with Gasteiger partial charge in [0.25, 0.3) is 0 Å². The molecule has 3 N–H and O–H groups in total. The van der Waals surface area contributed by atoms with Crippen molar-refractivity contribution in [2.75, 3.05) is 13.2 Å². The lowest BCUT2D eigenvalue weighted by Gasteiger charge is -2.16. The molecule has 5 heteroatoms. The lowest BCUT2D eigenvalue weighted by atomic mass is 10.0. The van der Waals surface area contributed by atoms with Crippen LogP contribution >= 0.6 is 11.6 Å². The number of nitrogens with one attached hydrogen (secondary N) is 1. The molecule has 1 atom stereocenters. The second kappa shape index (κ2) is 7.61. The van der Waals surface area contributed by atoms with Crippen LogP contribution in [0.4, 0.5) is 4.39 Å². The molecule has 0 bridgehead atoms. The maximum absolute atomic E-state index is 12.9. The predicted octanol–water partition coefficient (Wildman–Crippen LogP) is 2.28. The molecular weight excluding hydrogens is 243 g/mol. The van der Waals surface area contributed by atoms with Crippen molar-refractivity contribution in [2.45, 2.75) is 25.8 Å². The molecule has 96 valence electrons. The molecule has 0 saturated heterocycles. The van der Waals surface area contributed by atoms with E-state index in [0.717, 1.165) is 12.0 Å². The fraction of sp³-hybridized carbons (Fsp3) is 0.500. The second-order valence-electron chi connectivity index (χ2n) is 3.79. The third-order valence-electron chi connectivity index (χ3n) is 2.53. The van der Waals surface area contributed by atoms with E-state index >= 15 is 0 Å². The van der Waals surface area contributed by atoms with E-state index in [2.05, 4.69) is 5.43 Å². The highest BCUT2D eigenvalue weighted by Gasteiger charge is 2.10. The first-order valence-electron chi connectivity index (χ1n) is 5.65. The van der Waals surface area contributed by atoms with E-state index < -0.39 is 0 Å². The van der Waals surface area contributed by atoms with E-state index in [1.807, 2.05) is 6.92 Å². The minimum absolute atomic E-state index is 0.0736. The Morgan fingerprint density at radius 2 is 2.29 bits per heavy atom. The van der Waals surface area contributed by atoms with Gasteiger partial charge in [-0.3, -0.25) is 11.3 Å². The molecule has 1 aromatic carbocycles. The number of nitrogens with two attached hydrogens (primary N) is 1. The zero-order chi connectivity index (χ0) is 12.7. The smallest absolute Gasteiger partial charge is 0.124 e. The molecule has 0 aliphatic carbocycles. The third kappa shape index (κ3) is 5.00. The van der Waals surface area contributed by atoms with Crippen molar-refractivity contribution in [3.05, 3.63) is 34.6 Å². The standard InChI is InChI=1S/C12H18ClFN2O/c1-2-17-6-5-11(16-15)7-9-3-4-10(14)8-12(9)13/h3-4,8,11,16H,2,5-7,15H2,1H3. The number of hydrazine groups is 1. The number of halogens is 2. The molecule has 1 unspecified atom stereocenters. The minimum atomic E-state index is -0.328. The summed E-state index contributed by atoms with van der Waals surface area (Å²) in [6, 6.07) is 4.47. The molecule has 1 rings (SSSR count). The molecule has 0 aliphatic rings. The van der Waals surface area contributed by atoms with Crippen LogP contribution in [0.25, 0.3) is 0 Å². The Morgan fingerprint density at radius 3 is 2.88 bits per heavy atom. The molecule has 0 fully saturated rings. The van der Waals surface area contributed by atoms with Gasteiger partial charge in [0.1, 0.15) is 5.82 Å². The fourth-order valence-corrected chi connectivity index (χ4v) is 1.81. The van der Waals surface area contributed by atoms with Crippen LogP contribution in [0.1, 0.15) is 18.9 Å². The summed E-state index contributed by atoms with van der Waals surface area (Å²) in [5, 5.41) is 0.432. The lowest BCUT2D eigenvalue weighted by molar-refractivity contribution is 0.136. The molecule has 3 nitrogen and oxygen atoms in total. The topological polar surface area (TPSA) is 47.3 Å². The van der Waals surface area contributed by atoms with Crippen molar-refractivity contribution in [2.24, 2.45) is 5.84 Å². The predicted molar refractivity (Wildman–Crippen MR) is 67.3 cm³/mol. The maximum Gasteiger partial charge on any atom is 0.124 e. The summed E-state index contributed by atoms with van der Waals surface area (Å²) in [4.78, 5) is 0. The first-order chi connectivity index (χ1) is 8.17. The highest BCUT2D eigenvalue weighted by atomic mass is 35.5. The quantitative estimate of drug-likeness (QED) is 0.449. The molecule has 0 radical (unpaired) electrons. The van der Waals surface area contributed by atoms with Crippen LogP contribution in [0.3, 0.4) is 0 Å². The van der Waals surface area contributed by atoms with Crippen LogP contribution in [0.5, 0.6) is 0 Å². The van der Waals surface area contributed by atoms with E-state index in [-0.39, 0.29) is 11.9 Å². The van der Waals surface area contributed by atoms with E-state index in [9.17, 15) is 4.39 Å². The summed E-state index contributed by atoms with van der Waals surface area (Å²) in [7, 11) is 0. The monoisotopic (exact) mass is 260 g/mol. The van der Waals surface area contributed by atoms with Crippen LogP contribution in [-0.2, 0) is 11.2 Å². The van der Waals surface area contributed by atoms with Gasteiger partial charge in [-0.15, -0.1) is 0 Å². The molecule has 0 aliphatic heterocycles. The van der Waals surface area contributed by atoms with Crippen LogP contribution in [0.2, 0.25) is 5.02 Å². The van der Waals surface area contributed by atoms with Crippen molar-refractivity contribution >= 4 is 11.6 Å². The van der Waals surface area contributed by atoms with Gasteiger partial charge in [-0.2, -0.15) is 0 Å². The summed E-state index contributed by atoms with van der Waals surface area (Å²) in [6.45, 7) is 3.28. The molecule has 0 heterocycles. The summed E-state index contributed by atoms with van der Waals surface area (Å²) >= 11 is 5.95. The maximum atomic E-state index is 12.9. The Balaban J connectivity index is 2.54. The average Bonchev–Trinajstić information content (AvgIpc) is 2.31. The summed E-state index contributed by atoms with van der Waals surface area (Å²) < 4.78 is 18.1. The number of hydrogen-bond acceptors (Lipinski definition) is 3. The van der Waals surface area contributed by atoms with Gasteiger partial charge < -0.3 is 4.74 Å². The number of ether oxygens (including phenoxy) is 1. The summed E-state index contributed by atoms with van der Waals surface area (Å²) in [5.74, 6) is 5.13. The van der Waals surface area contributed by atoms with E-state index in [1.165, 1.54) is 12.1 Å². The van der Waals surface area contributed by atoms with Gasteiger partial charge in [0, 0.05) is 24.3 Å². The Hall–Kier alpha value is -0.680. The van der Waals surface area contributed by atoms with Crippen LogP contribution < -0.4 is 11.3 Å². The molecule has 0 aromatic heterocycles. The second-order valence-corrected chi connectivity index (χ2v) is 4.20. The Morgan fingerprint density at radius 1 is 1.53 bits per heavy atom. The zero-order valence-corrected chi connectivity index (χ0v) is 10.6. The Kier molecular flexibility index (Phi) is 6.44. The molecule has 0 saturated carbocycles. The summed E-state index contributed by atoms with van der Waals surface area (Å²) in [6.07, 6.45) is 1.45. The van der Waals surface area contributed by atoms with Crippen LogP contribution in [-0.4, -0.2) is 19.3 Å². The van der Waals surface area contributed by atoms with Crippen LogP contribution in [0.15, 0.2) is 18.2 Å². The minimum Gasteiger partial charge on any atom is -0.382 e. The normalized spacial score (nSPS) is 12.7. The first-order valence-corrected chi connectivity index (χ1v) is 6.03. The van der Waals surface area contributed by atoms with Gasteiger partial charge >= 0.3 is 0 Å². The van der Waals surface area contributed by atoms with E-state index in [1.54, 1.807) is 6.07 Å². The number of benzene rings is 1. The zero-order valence-electron chi connectivity index (χ0n) is 9.88. The van der Waals surface area contributed by atoms with Crippen LogP contribution in [0, 0.1) is 5.82 Å². The van der Waals surface area contributed by atoms with Crippen molar-refractivity contribution in [1.82, 2.24) is 5.43 Å². The van der Waals surface area contributed by atoms with Gasteiger partial charge in [0.2, 0.25) is 0 Å². The molecule has 0 amide bonds. The summed E-state index contributed by atoms with van der Waals surface area (Å²) in [5.41, 5.74) is 3.60. The van der Waals surface area contributed by atoms with E-state index in [4.69, 9.17) is 22.2 Å². The van der Waals surface area contributed by atoms with Gasteiger partial charge in [-0.1, -0.05) is 17.7 Å².